The number of nitrogens with two attached hydrogens (primary N) is 1. The minimum atomic E-state index is -4.81. The van der Waals surface area contributed by atoms with Crippen molar-refractivity contribution in [2.24, 2.45) is 0 Å². The number of imidazole rings is 1. The third-order valence-electron chi connectivity index (χ3n) is 4.31. The Morgan fingerprint density at radius 3 is 2.79 bits per heavy atom. The summed E-state index contributed by atoms with van der Waals surface area (Å²) >= 11 is 0. The van der Waals surface area contributed by atoms with Gasteiger partial charge in [-0.25, -0.2) is 24.4 Å². The van der Waals surface area contributed by atoms with E-state index in [9.17, 15) is 26.9 Å². The van der Waals surface area contributed by atoms with Gasteiger partial charge >= 0.3 is 12.1 Å². The molecule has 1 aliphatic heterocycles. The van der Waals surface area contributed by atoms with Gasteiger partial charge in [-0.2, -0.15) is 13.2 Å². The summed E-state index contributed by atoms with van der Waals surface area (Å²) in [5.41, 5.74) is 6.06. The van der Waals surface area contributed by atoms with Gasteiger partial charge in [0.25, 0.3) is 7.52 Å². The number of nitrogens with one attached hydrogen (secondary N) is 1. The van der Waals surface area contributed by atoms with Crippen LogP contribution in [0.25, 0.3) is 11.2 Å². The number of carbonyl (C=O) groups is 1. The summed E-state index contributed by atoms with van der Waals surface area (Å²) in [4.78, 5) is 23.5. The highest BCUT2D eigenvalue weighted by atomic mass is 31.2. The zero-order valence-corrected chi connectivity index (χ0v) is 18.8. The Hall–Kier alpha value is -2.65. The number of nitrogen functional groups attached to an aromatic ring is 1. The standard InChI is InChI=1S/C17H21F4N6O6P/c1-3-30-16(28)9(2)26-34(29,32-5-17(19,20)21)8-31-11-4-10(18)15(33-11)27-7-25-12-13(22)23-6-24-14(12)27/h4,6-7,9,11,15H,3,5,8H2,1-2H3,(H,26,29)(H2,22,23,24)/t9-,11-,15+,34?/m0/s1. The van der Waals surface area contributed by atoms with Crippen LogP contribution in [0, 0.1) is 0 Å². The Balaban J connectivity index is 1.70. The molecule has 0 aliphatic carbocycles. The van der Waals surface area contributed by atoms with Gasteiger partial charge in [-0.05, 0) is 13.8 Å². The summed E-state index contributed by atoms with van der Waals surface area (Å²) in [5, 5.41) is 2.17. The smallest absolute Gasteiger partial charge is 0.412 e. The molecule has 0 radical (unpaired) electrons. The second-order valence-corrected chi connectivity index (χ2v) is 9.07. The molecule has 1 aliphatic rings. The number of hydrogen-bond acceptors (Lipinski definition) is 10. The molecule has 34 heavy (non-hydrogen) atoms. The van der Waals surface area contributed by atoms with Crippen molar-refractivity contribution >= 4 is 30.5 Å². The van der Waals surface area contributed by atoms with Gasteiger partial charge in [0.1, 0.15) is 24.2 Å². The maximum Gasteiger partial charge on any atom is 0.412 e. The number of fused-ring (bicyclic) bond motifs is 1. The molecule has 3 heterocycles. The normalized spacial score (nSPS) is 21.3. The summed E-state index contributed by atoms with van der Waals surface area (Å²) in [6.45, 7) is 0.861. The van der Waals surface area contributed by atoms with E-state index >= 15 is 0 Å². The molecule has 4 atom stereocenters. The van der Waals surface area contributed by atoms with Crippen LogP contribution in [0.3, 0.4) is 0 Å². The van der Waals surface area contributed by atoms with E-state index in [2.05, 4.69) is 24.6 Å². The first-order chi connectivity index (χ1) is 15.9. The van der Waals surface area contributed by atoms with E-state index < -0.39 is 57.0 Å². The van der Waals surface area contributed by atoms with E-state index in [4.69, 9.17) is 19.9 Å². The van der Waals surface area contributed by atoms with Crippen LogP contribution in [0.2, 0.25) is 0 Å². The number of hydrogen-bond donors (Lipinski definition) is 2. The summed E-state index contributed by atoms with van der Waals surface area (Å²) in [6.07, 6.45) is -5.40. The molecule has 0 fully saturated rings. The van der Waals surface area contributed by atoms with Crippen LogP contribution < -0.4 is 10.8 Å². The SMILES string of the molecule is CCOC(=O)[C@H](C)NP(=O)(CO[C@@H]1C=C(F)[C@H](n2cnc3c(N)ncnc32)O1)OCC(F)(F)F. The number of rotatable bonds is 10. The fourth-order valence-electron chi connectivity index (χ4n) is 2.85. The molecule has 188 valence electrons. The second kappa shape index (κ2) is 10.3. The number of esters is 1. The van der Waals surface area contributed by atoms with Gasteiger partial charge in [-0.15, -0.1) is 0 Å². The summed E-state index contributed by atoms with van der Waals surface area (Å²) < 4.78 is 86.5. The Morgan fingerprint density at radius 2 is 2.12 bits per heavy atom. The minimum Gasteiger partial charge on any atom is -0.465 e. The lowest BCUT2D eigenvalue weighted by Crippen LogP contribution is -2.36. The van der Waals surface area contributed by atoms with Crippen molar-refractivity contribution in [1.29, 1.82) is 0 Å². The van der Waals surface area contributed by atoms with E-state index in [1.165, 1.54) is 24.7 Å². The number of nitrogens with zero attached hydrogens (tertiary/aromatic N) is 4. The molecule has 1 unspecified atom stereocenters. The quantitative estimate of drug-likeness (QED) is 0.274. The third-order valence-corrected chi connectivity index (χ3v) is 6.13. The molecular weight excluding hydrogens is 491 g/mol. The number of carbonyl (C=O) groups excluding carboxylic acids is 1. The number of aromatic nitrogens is 4. The Morgan fingerprint density at radius 1 is 1.38 bits per heavy atom. The van der Waals surface area contributed by atoms with Crippen molar-refractivity contribution in [2.75, 3.05) is 25.3 Å². The average Bonchev–Trinajstić information content (AvgIpc) is 3.34. The monoisotopic (exact) mass is 512 g/mol. The van der Waals surface area contributed by atoms with Crippen molar-refractivity contribution in [3.8, 4) is 0 Å². The molecule has 0 spiro atoms. The minimum absolute atomic E-state index is 0.00403. The third kappa shape index (κ3) is 6.27. The van der Waals surface area contributed by atoms with Crippen LogP contribution in [-0.2, 0) is 28.1 Å². The maximum absolute atomic E-state index is 14.6. The zero-order valence-electron chi connectivity index (χ0n) is 17.9. The highest BCUT2D eigenvalue weighted by molar-refractivity contribution is 7.56. The van der Waals surface area contributed by atoms with Crippen molar-refractivity contribution in [3.63, 3.8) is 0 Å². The highest BCUT2D eigenvalue weighted by Crippen LogP contribution is 2.45. The van der Waals surface area contributed by atoms with Crippen LogP contribution in [-0.4, -0.2) is 63.6 Å². The van der Waals surface area contributed by atoms with E-state index in [-0.39, 0.29) is 23.6 Å². The molecule has 3 rings (SSSR count). The number of anilines is 1. The fourth-order valence-corrected chi connectivity index (χ4v) is 4.46. The van der Waals surface area contributed by atoms with Crippen LogP contribution >= 0.6 is 7.52 Å². The van der Waals surface area contributed by atoms with Crippen LogP contribution in [0.4, 0.5) is 23.4 Å². The molecule has 0 saturated carbocycles. The van der Waals surface area contributed by atoms with Crippen LogP contribution in [0.1, 0.15) is 20.1 Å². The molecular formula is C17H21F4N6O6P. The summed E-state index contributed by atoms with van der Waals surface area (Å²) in [5.74, 6) is -1.64. The topological polar surface area (TPSA) is 153 Å². The molecule has 0 bridgehead atoms. The highest BCUT2D eigenvalue weighted by Gasteiger charge is 2.38. The molecule has 0 amide bonds. The first kappa shape index (κ1) is 26.0. The van der Waals surface area contributed by atoms with Gasteiger partial charge in [-0.1, -0.05) is 0 Å². The Kier molecular flexibility index (Phi) is 7.88. The Labute approximate surface area is 189 Å². The molecule has 2 aromatic rings. The molecule has 2 aromatic heterocycles. The largest absolute Gasteiger partial charge is 0.465 e. The lowest BCUT2D eigenvalue weighted by atomic mass is 10.4. The fraction of sp³-hybridized carbons (Fsp3) is 0.529. The second-order valence-electron chi connectivity index (χ2n) is 6.95. The number of alkyl halides is 3. The molecule has 0 saturated heterocycles. The predicted octanol–water partition coefficient (Wildman–Crippen LogP) is 2.40. The van der Waals surface area contributed by atoms with Crippen molar-refractivity contribution < 1.29 is 45.7 Å². The Bertz CT molecular complexity index is 1110. The molecule has 3 N–H and O–H groups in total. The predicted molar refractivity (Wildman–Crippen MR) is 108 cm³/mol. The van der Waals surface area contributed by atoms with Crippen LogP contribution in [0.5, 0.6) is 0 Å². The van der Waals surface area contributed by atoms with E-state index in [1.807, 2.05) is 0 Å². The first-order valence-electron chi connectivity index (χ1n) is 9.74. The van der Waals surface area contributed by atoms with Crippen molar-refractivity contribution in [1.82, 2.24) is 24.6 Å². The van der Waals surface area contributed by atoms with E-state index in [0.717, 1.165) is 12.4 Å². The van der Waals surface area contributed by atoms with Crippen LogP contribution in [0.15, 0.2) is 24.6 Å². The number of ether oxygens (including phenoxy) is 3. The lowest BCUT2D eigenvalue weighted by molar-refractivity contribution is -0.156. The lowest BCUT2D eigenvalue weighted by Gasteiger charge is -2.24. The summed E-state index contributed by atoms with van der Waals surface area (Å²) in [6, 6.07) is -1.28. The van der Waals surface area contributed by atoms with Gasteiger partial charge in [0.05, 0.1) is 12.9 Å². The van der Waals surface area contributed by atoms with Gasteiger partial charge in [-0.3, -0.25) is 13.9 Å². The first-order valence-corrected chi connectivity index (χ1v) is 11.6. The zero-order chi connectivity index (χ0) is 25.1. The van der Waals surface area contributed by atoms with Gasteiger partial charge in [0.15, 0.2) is 36.4 Å². The van der Waals surface area contributed by atoms with Crippen molar-refractivity contribution in [2.45, 2.75) is 38.6 Å². The maximum atomic E-state index is 14.6. The summed E-state index contributed by atoms with van der Waals surface area (Å²) in [7, 11) is -4.43. The van der Waals surface area contributed by atoms with Gasteiger partial charge in [0.2, 0.25) is 0 Å². The average molecular weight is 512 g/mol. The number of halogens is 4. The van der Waals surface area contributed by atoms with Crippen molar-refractivity contribution in [3.05, 3.63) is 24.6 Å². The van der Waals surface area contributed by atoms with Gasteiger partial charge in [0, 0.05) is 6.08 Å². The molecule has 12 nitrogen and oxygen atoms in total. The van der Waals surface area contributed by atoms with E-state index in [1.54, 1.807) is 0 Å². The molecule has 17 heteroatoms. The molecule has 0 aromatic carbocycles. The van der Waals surface area contributed by atoms with E-state index in [0.29, 0.717) is 0 Å². The van der Waals surface area contributed by atoms with Gasteiger partial charge < -0.3 is 24.5 Å².